The van der Waals surface area contributed by atoms with E-state index in [1.807, 2.05) is 5.38 Å². The van der Waals surface area contributed by atoms with Crippen LogP contribution in [0.1, 0.15) is 9.67 Å². The predicted molar refractivity (Wildman–Crippen MR) is 54.7 cm³/mol. The van der Waals surface area contributed by atoms with Gasteiger partial charge in [0, 0.05) is 30.6 Å². The van der Waals surface area contributed by atoms with E-state index in [1.165, 1.54) is 11.3 Å². The Morgan fingerprint density at radius 1 is 1.71 bits per heavy atom. The maximum atomic E-state index is 11.7. The Hall–Kier alpha value is -1.07. The molecule has 1 amide bonds. The summed E-state index contributed by atoms with van der Waals surface area (Å²) < 4.78 is 5.01. The van der Waals surface area contributed by atoms with Gasteiger partial charge in [0.05, 0.1) is 12.0 Å². The molecule has 2 N–H and O–H groups in total. The van der Waals surface area contributed by atoms with Gasteiger partial charge in [0.15, 0.2) is 0 Å². The topological polar surface area (TPSA) is 55.6 Å². The number of hydrogen-bond donors (Lipinski definition) is 1. The molecule has 0 aliphatic carbocycles. The van der Waals surface area contributed by atoms with Crippen LogP contribution in [-0.4, -0.2) is 37.0 Å². The summed E-state index contributed by atoms with van der Waals surface area (Å²) in [6, 6.07) is 1.91. The highest BCUT2D eigenvalue weighted by Gasteiger charge is 2.29. The molecule has 0 atom stereocenters. The number of thiophene rings is 1. The lowest BCUT2D eigenvalue weighted by Crippen LogP contribution is -2.57. The van der Waals surface area contributed by atoms with Crippen LogP contribution in [0.4, 0.5) is 0 Å². The summed E-state index contributed by atoms with van der Waals surface area (Å²) in [4.78, 5) is 14.2. The number of rotatable bonds is 2. The highest BCUT2D eigenvalue weighted by atomic mass is 32.1. The molecule has 0 aromatic carbocycles. The second kappa shape index (κ2) is 3.59. The van der Waals surface area contributed by atoms with Crippen molar-refractivity contribution in [3.05, 3.63) is 16.3 Å². The van der Waals surface area contributed by atoms with Crippen LogP contribution in [0.15, 0.2) is 11.4 Å². The lowest BCUT2D eigenvalue weighted by Gasteiger charge is -2.36. The second-order valence-electron chi connectivity index (χ2n) is 3.32. The first-order valence-electron chi connectivity index (χ1n) is 4.38. The molecule has 5 heteroatoms. The Labute approximate surface area is 86.3 Å². The van der Waals surface area contributed by atoms with Crippen LogP contribution in [0.3, 0.4) is 0 Å². The van der Waals surface area contributed by atoms with Gasteiger partial charge in [-0.25, -0.2) is 0 Å². The van der Waals surface area contributed by atoms with E-state index in [2.05, 4.69) is 0 Å². The Bertz CT molecular complexity index is 344. The molecule has 1 saturated heterocycles. The fourth-order valence-electron chi connectivity index (χ4n) is 1.37. The number of ether oxygens (including phenoxy) is 1. The fourth-order valence-corrected chi connectivity index (χ4v) is 2.19. The number of methoxy groups -OCH3 is 1. The summed E-state index contributed by atoms with van der Waals surface area (Å²) in [6.45, 7) is 1.33. The average molecular weight is 212 g/mol. The van der Waals surface area contributed by atoms with Crippen LogP contribution in [0.5, 0.6) is 5.75 Å². The molecular weight excluding hydrogens is 200 g/mol. The van der Waals surface area contributed by atoms with Crippen molar-refractivity contribution >= 4 is 17.2 Å². The standard InChI is InChI=1S/C9H12N2O2S/c1-13-7-2-8(14-5-7)9(12)11-3-6(10)4-11/h2,5-6H,3-4,10H2,1H3. The molecule has 1 aromatic rings. The summed E-state index contributed by atoms with van der Waals surface area (Å²) in [5, 5.41) is 1.83. The summed E-state index contributed by atoms with van der Waals surface area (Å²) in [7, 11) is 1.59. The first-order chi connectivity index (χ1) is 6.70. The third kappa shape index (κ3) is 1.60. The maximum absolute atomic E-state index is 11.7. The molecule has 4 nitrogen and oxygen atoms in total. The van der Waals surface area contributed by atoms with E-state index in [0.29, 0.717) is 18.0 Å². The molecule has 0 saturated carbocycles. The van der Waals surface area contributed by atoms with Crippen LogP contribution in [0.25, 0.3) is 0 Å². The molecule has 0 spiro atoms. The van der Waals surface area contributed by atoms with E-state index in [0.717, 1.165) is 5.75 Å². The van der Waals surface area contributed by atoms with Gasteiger partial charge in [-0.1, -0.05) is 0 Å². The quantitative estimate of drug-likeness (QED) is 0.778. The minimum absolute atomic E-state index is 0.0556. The number of amides is 1. The zero-order valence-corrected chi connectivity index (χ0v) is 8.71. The summed E-state index contributed by atoms with van der Waals surface area (Å²) >= 11 is 1.40. The number of nitrogens with two attached hydrogens (primary N) is 1. The maximum Gasteiger partial charge on any atom is 0.264 e. The summed E-state index contributed by atoms with van der Waals surface area (Å²) in [5.74, 6) is 0.795. The number of carbonyl (C=O) groups is 1. The Kier molecular flexibility index (Phi) is 2.43. The number of carbonyl (C=O) groups excluding carboxylic acids is 1. The zero-order valence-electron chi connectivity index (χ0n) is 7.90. The monoisotopic (exact) mass is 212 g/mol. The number of nitrogens with zero attached hydrogens (tertiary/aromatic N) is 1. The Balaban J connectivity index is 2.04. The highest BCUT2D eigenvalue weighted by molar-refractivity contribution is 7.12. The van der Waals surface area contributed by atoms with E-state index in [4.69, 9.17) is 10.5 Å². The zero-order chi connectivity index (χ0) is 10.1. The van der Waals surface area contributed by atoms with Crippen molar-refractivity contribution in [1.82, 2.24) is 4.90 Å². The van der Waals surface area contributed by atoms with Crippen molar-refractivity contribution in [3.8, 4) is 5.75 Å². The van der Waals surface area contributed by atoms with Gasteiger partial charge in [-0.15, -0.1) is 11.3 Å². The van der Waals surface area contributed by atoms with Gasteiger partial charge in [0.25, 0.3) is 5.91 Å². The van der Waals surface area contributed by atoms with Crippen molar-refractivity contribution < 1.29 is 9.53 Å². The number of likely N-dealkylation sites (tertiary alicyclic amines) is 1. The van der Waals surface area contributed by atoms with E-state index in [9.17, 15) is 4.79 Å². The normalized spacial score (nSPS) is 16.6. The molecule has 0 bridgehead atoms. The van der Waals surface area contributed by atoms with Gasteiger partial charge in [-0.2, -0.15) is 0 Å². The van der Waals surface area contributed by atoms with Crippen molar-refractivity contribution in [1.29, 1.82) is 0 Å². The van der Waals surface area contributed by atoms with Crippen LogP contribution in [0.2, 0.25) is 0 Å². The number of hydrogen-bond acceptors (Lipinski definition) is 4. The van der Waals surface area contributed by atoms with Crippen LogP contribution in [0, 0.1) is 0 Å². The fraction of sp³-hybridized carbons (Fsp3) is 0.444. The SMILES string of the molecule is COc1csc(C(=O)N2CC(N)C2)c1. The molecule has 1 aromatic heterocycles. The molecule has 76 valence electrons. The van der Waals surface area contributed by atoms with E-state index >= 15 is 0 Å². The molecule has 0 unspecified atom stereocenters. The van der Waals surface area contributed by atoms with E-state index < -0.39 is 0 Å². The Morgan fingerprint density at radius 3 is 2.93 bits per heavy atom. The van der Waals surface area contributed by atoms with E-state index in [-0.39, 0.29) is 11.9 Å². The summed E-state index contributed by atoms with van der Waals surface area (Å²) in [6.07, 6.45) is 0. The molecule has 1 aliphatic heterocycles. The van der Waals surface area contributed by atoms with Crippen LogP contribution in [-0.2, 0) is 0 Å². The van der Waals surface area contributed by atoms with Crippen LogP contribution < -0.4 is 10.5 Å². The first-order valence-corrected chi connectivity index (χ1v) is 5.26. The highest BCUT2D eigenvalue weighted by Crippen LogP contribution is 2.23. The molecule has 1 fully saturated rings. The summed E-state index contributed by atoms with van der Waals surface area (Å²) in [5.41, 5.74) is 5.60. The van der Waals surface area contributed by atoms with Gasteiger partial charge in [-0.05, 0) is 0 Å². The predicted octanol–water partition coefficient (Wildman–Crippen LogP) is 0.540. The lowest BCUT2D eigenvalue weighted by molar-refractivity contribution is 0.0613. The first kappa shape index (κ1) is 9.48. The molecule has 1 aliphatic rings. The van der Waals surface area contributed by atoms with Gasteiger partial charge in [-0.3, -0.25) is 4.79 Å². The van der Waals surface area contributed by atoms with Crippen molar-refractivity contribution in [3.63, 3.8) is 0 Å². The van der Waals surface area contributed by atoms with Crippen LogP contribution >= 0.6 is 11.3 Å². The molecule has 2 rings (SSSR count). The van der Waals surface area contributed by atoms with Gasteiger partial charge in [0.2, 0.25) is 0 Å². The minimum Gasteiger partial charge on any atom is -0.496 e. The van der Waals surface area contributed by atoms with Gasteiger partial charge in [0.1, 0.15) is 5.75 Å². The molecule has 14 heavy (non-hydrogen) atoms. The van der Waals surface area contributed by atoms with Gasteiger partial charge >= 0.3 is 0 Å². The smallest absolute Gasteiger partial charge is 0.264 e. The largest absolute Gasteiger partial charge is 0.496 e. The molecule has 0 radical (unpaired) electrons. The average Bonchev–Trinajstić information content (AvgIpc) is 2.60. The molecule has 2 heterocycles. The lowest BCUT2D eigenvalue weighted by atomic mass is 10.1. The van der Waals surface area contributed by atoms with Crippen molar-refractivity contribution in [2.24, 2.45) is 5.73 Å². The third-order valence-electron chi connectivity index (χ3n) is 2.22. The molecular formula is C9H12N2O2S. The minimum atomic E-state index is 0.0556. The van der Waals surface area contributed by atoms with Gasteiger partial charge < -0.3 is 15.4 Å². The van der Waals surface area contributed by atoms with Crippen molar-refractivity contribution in [2.45, 2.75) is 6.04 Å². The van der Waals surface area contributed by atoms with Crippen molar-refractivity contribution in [2.75, 3.05) is 20.2 Å². The second-order valence-corrected chi connectivity index (χ2v) is 4.23. The van der Waals surface area contributed by atoms with E-state index in [1.54, 1.807) is 18.1 Å². The Morgan fingerprint density at radius 2 is 2.43 bits per heavy atom. The third-order valence-corrected chi connectivity index (χ3v) is 3.12.